The van der Waals surface area contributed by atoms with Crippen LogP contribution in [0.2, 0.25) is 0 Å². The zero-order valence-corrected chi connectivity index (χ0v) is 8.19. The highest BCUT2D eigenvalue weighted by atomic mass is 32.2. The van der Waals surface area contributed by atoms with Gasteiger partial charge in [0.2, 0.25) is 0 Å². The van der Waals surface area contributed by atoms with Gasteiger partial charge in [0.25, 0.3) is 10.1 Å². The van der Waals surface area contributed by atoms with E-state index in [0.29, 0.717) is 10.9 Å². The van der Waals surface area contributed by atoms with Crippen LogP contribution in [0.3, 0.4) is 0 Å². The largest absolute Gasteiger partial charge is 0.295 e. The summed E-state index contributed by atoms with van der Waals surface area (Å²) in [5.41, 5.74) is 0.667. The van der Waals surface area contributed by atoms with Crippen molar-refractivity contribution in [3.05, 3.63) is 24.4 Å². The Kier molecular flexibility index (Phi) is 1.83. The molecule has 0 aliphatic rings. The fourth-order valence-electron chi connectivity index (χ4n) is 1.38. The van der Waals surface area contributed by atoms with Gasteiger partial charge in [0.05, 0.1) is 11.7 Å². The van der Waals surface area contributed by atoms with Crippen molar-refractivity contribution in [2.75, 3.05) is 0 Å². The smallest absolute Gasteiger partial charge is 0.282 e. The van der Waals surface area contributed by atoms with Crippen molar-refractivity contribution in [1.82, 2.24) is 9.78 Å². The van der Waals surface area contributed by atoms with Crippen LogP contribution in [0.25, 0.3) is 10.9 Å². The zero-order chi connectivity index (χ0) is 10.3. The summed E-state index contributed by atoms with van der Waals surface area (Å²) in [6, 6.07) is 4.64. The summed E-state index contributed by atoms with van der Waals surface area (Å²) < 4.78 is 32.4. The molecule has 2 rings (SSSR count). The topological polar surface area (TPSA) is 72.2 Å². The van der Waals surface area contributed by atoms with Gasteiger partial charge in [-0.1, -0.05) is 6.07 Å². The molecule has 0 spiro atoms. The van der Waals surface area contributed by atoms with Crippen molar-refractivity contribution >= 4 is 21.0 Å². The quantitative estimate of drug-likeness (QED) is 0.710. The second kappa shape index (κ2) is 2.79. The van der Waals surface area contributed by atoms with Crippen molar-refractivity contribution in [2.24, 2.45) is 7.05 Å². The van der Waals surface area contributed by atoms with Gasteiger partial charge in [-0.15, -0.1) is 0 Å². The monoisotopic (exact) mass is 212 g/mol. The molecule has 0 aliphatic heterocycles. The minimum atomic E-state index is -4.17. The summed E-state index contributed by atoms with van der Waals surface area (Å²) in [5.74, 6) is 0. The predicted octanol–water partition coefficient (Wildman–Crippen LogP) is 0.820. The molecule has 2 aromatic rings. The lowest BCUT2D eigenvalue weighted by atomic mass is 10.2. The average molecular weight is 212 g/mol. The lowest BCUT2D eigenvalue weighted by molar-refractivity contribution is 0.484. The maximum absolute atomic E-state index is 11.0. The Morgan fingerprint density at radius 1 is 1.43 bits per heavy atom. The molecule has 1 heterocycles. The first-order valence-electron chi connectivity index (χ1n) is 3.88. The van der Waals surface area contributed by atoms with E-state index in [0.717, 1.165) is 0 Å². The molecule has 1 aromatic carbocycles. The van der Waals surface area contributed by atoms with E-state index in [1.54, 1.807) is 23.9 Å². The third-order valence-electron chi connectivity index (χ3n) is 2.03. The highest BCUT2D eigenvalue weighted by Crippen LogP contribution is 2.21. The molecular formula is C8H8N2O3S. The molecule has 0 amide bonds. The van der Waals surface area contributed by atoms with Gasteiger partial charge in [0.15, 0.2) is 0 Å². The van der Waals surface area contributed by atoms with Crippen LogP contribution >= 0.6 is 0 Å². The number of aromatic nitrogens is 2. The van der Waals surface area contributed by atoms with Crippen molar-refractivity contribution in [3.8, 4) is 0 Å². The normalized spacial score (nSPS) is 12.1. The molecule has 0 unspecified atom stereocenters. The molecule has 0 fully saturated rings. The Bertz CT molecular complexity index is 586. The summed E-state index contributed by atoms with van der Waals surface area (Å²) >= 11 is 0. The standard InChI is InChI=1S/C8H8N2O3S/c1-10-7-3-2-4-8(14(11,12)13)6(7)5-9-10/h2-5H,1H3,(H,11,12,13). The number of rotatable bonds is 1. The van der Waals surface area contributed by atoms with Gasteiger partial charge in [0, 0.05) is 12.4 Å². The van der Waals surface area contributed by atoms with E-state index in [2.05, 4.69) is 5.10 Å². The highest BCUT2D eigenvalue weighted by molar-refractivity contribution is 7.86. The Morgan fingerprint density at radius 3 is 2.79 bits per heavy atom. The summed E-state index contributed by atoms with van der Waals surface area (Å²) in [5, 5.41) is 4.34. The van der Waals surface area contributed by atoms with Crippen LogP contribution in [0.4, 0.5) is 0 Å². The molecule has 1 N–H and O–H groups in total. The number of nitrogens with zero attached hydrogens (tertiary/aromatic N) is 2. The van der Waals surface area contributed by atoms with Crippen LogP contribution in [0, 0.1) is 0 Å². The van der Waals surface area contributed by atoms with Gasteiger partial charge in [0.1, 0.15) is 4.90 Å². The Morgan fingerprint density at radius 2 is 2.14 bits per heavy atom. The summed E-state index contributed by atoms with van der Waals surface area (Å²) in [7, 11) is -2.46. The van der Waals surface area contributed by atoms with E-state index in [4.69, 9.17) is 4.55 Å². The van der Waals surface area contributed by atoms with Crippen LogP contribution in [0.5, 0.6) is 0 Å². The molecule has 0 aliphatic carbocycles. The highest BCUT2D eigenvalue weighted by Gasteiger charge is 2.14. The van der Waals surface area contributed by atoms with Crippen molar-refractivity contribution in [2.45, 2.75) is 4.90 Å². The van der Waals surface area contributed by atoms with Gasteiger partial charge in [-0.25, -0.2) is 0 Å². The Hall–Kier alpha value is -1.40. The summed E-state index contributed by atoms with van der Waals surface area (Å²) in [6.07, 6.45) is 1.42. The molecule has 6 heteroatoms. The molecule has 1 aromatic heterocycles. The van der Waals surface area contributed by atoms with Crippen molar-refractivity contribution in [3.63, 3.8) is 0 Å². The zero-order valence-electron chi connectivity index (χ0n) is 7.38. The van der Waals surface area contributed by atoms with Gasteiger partial charge in [-0.05, 0) is 12.1 Å². The number of benzene rings is 1. The van der Waals surface area contributed by atoms with Crippen LogP contribution in [-0.2, 0) is 17.2 Å². The van der Waals surface area contributed by atoms with Gasteiger partial charge < -0.3 is 0 Å². The van der Waals surface area contributed by atoms with Crippen molar-refractivity contribution < 1.29 is 13.0 Å². The van der Waals surface area contributed by atoms with E-state index in [9.17, 15) is 8.42 Å². The molecule has 0 atom stereocenters. The van der Waals surface area contributed by atoms with Crippen LogP contribution < -0.4 is 0 Å². The first-order chi connectivity index (χ1) is 6.50. The summed E-state index contributed by atoms with van der Waals surface area (Å²) in [6.45, 7) is 0. The van der Waals surface area contributed by atoms with E-state index >= 15 is 0 Å². The maximum Gasteiger partial charge on any atom is 0.295 e. The number of hydrogen-bond donors (Lipinski definition) is 1. The second-order valence-corrected chi connectivity index (χ2v) is 4.32. The molecule has 0 radical (unpaired) electrons. The molecule has 74 valence electrons. The molecule has 14 heavy (non-hydrogen) atoms. The Balaban J connectivity index is 2.92. The first kappa shape index (κ1) is 9.17. The third kappa shape index (κ3) is 1.28. The van der Waals surface area contributed by atoms with Crippen LogP contribution in [0.15, 0.2) is 29.3 Å². The number of fused-ring (bicyclic) bond motifs is 1. The van der Waals surface area contributed by atoms with E-state index in [1.165, 1.54) is 12.3 Å². The van der Waals surface area contributed by atoms with E-state index < -0.39 is 10.1 Å². The maximum atomic E-state index is 11.0. The molecule has 0 saturated carbocycles. The second-order valence-electron chi connectivity index (χ2n) is 2.93. The van der Waals surface area contributed by atoms with Crippen molar-refractivity contribution in [1.29, 1.82) is 0 Å². The summed E-state index contributed by atoms with van der Waals surface area (Å²) in [4.78, 5) is -0.108. The first-order valence-corrected chi connectivity index (χ1v) is 5.32. The lowest BCUT2D eigenvalue weighted by Gasteiger charge is -1.98. The molecule has 0 bridgehead atoms. The molecule has 0 saturated heterocycles. The number of aryl methyl sites for hydroxylation is 1. The molecule has 5 nitrogen and oxygen atoms in total. The lowest BCUT2D eigenvalue weighted by Crippen LogP contribution is -1.98. The van der Waals surface area contributed by atoms with Gasteiger partial charge in [-0.2, -0.15) is 13.5 Å². The van der Waals surface area contributed by atoms with Gasteiger partial charge in [-0.3, -0.25) is 9.23 Å². The Labute approximate surface area is 80.7 Å². The fraction of sp³-hybridized carbons (Fsp3) is 0.125. The minimum Gasteiger partial charge on any atom is -0.282 e. The fourth-order valence-corrected chi connectivity index (χ4v) is 2.06. The van der Waals surface area contributed by atoms with Gasteiger partial charge >= 0.3 is 0 Å². The van der Waals surface area contributed by atoms with E-state index in [1.807, 2.05) is 0 Å². The third-order valence-corrected chi connectivity index (χ3v) is 2.94. The van der Waals surface area contributed by atoms with Crippen LogP contribution in [-0.4, -0.2) is 22.8 Å². The number of hydrogen-bond acceptors (Lipinski definition) is 3. The van der Waals surface area contributed by atoms with Crippen LogP contribution in [0.1, 0.15) is 0 Å². The SMILES string of the molecule is Cn1ncc2c(S(=O)(=O)O)cccc21. The average Bonchev–Trinajstić information content (AvgIpc) is 2.46. The predicted molar refractivity (Wildman–Crippen MR) is 50.5 cm³/mol. The van der Waals surface area contributed by atoms with E-state index in [-0.39, 0.29) is 4.90 Å². The molecular weight excluding hydrogens is 204 g/mol. The minimum absolute atomic E-state index is 0.108.